The smallest absolute Gasteiger partial charge is 0.251 e. The predicted molar refractivity (Wildman–Crippen MR) is 87.8 cm³/mol. The van der Waals surface area contributed by atoms with Crippen molar-refractivity contribution in [3.63, 3.8) is 0 Å². The molecule has 4 nitrogen and oxygen atoms in total. The molecule has 2 unspecified atom stereocenters. The van der Waals surface area contributed by atoms with Gasteiger partial charge in [-0.3, -0.25) is 9.59 Å². The van der Waals surface area contributed by atoms with Crippen molar-refractivity contribution in [3.05, 3.63) is 29.8 Å². The molecule has 2 amide bonds. The van der Waals surface area contributed by atoms with Crippen LogP contribution in [0.4, 0.5) is 5.69 Å². The van der Waals surface area contributed by atoms with Crippen molar-refractivity contribution in [2.75, 3.05) is 11.1 Å². The topological polar surface area (TPSA) is 58.2 Å². The summed E-state index contributed by atoms with van der Waals surface area (Å²) >= 11 is 1.93. The Morgan fingerprint density at radius 1 is 1.24 bits per heavy atom. The number of hydrogen-bond donors (Lipinski definition) is 2. The molecular formula is C16H22N2O2S. The summed E-state index contributed by atoms with van der Waals surface area (Å²) in [5.41, 5.74) is 1.34. The lowest BCUT2D eigenvalue weighted by atomic mass is 10.1. The van der Waals surface area contributed by atoms with Gasteiger partial charge in [0.1, 0.15) is 0 Å². The summed E-state index contributed by atoms with van der Waals surface area (Å²) in [4.78, 5) is 23.2. The molecule has 1 saturated carbocycles. The van der Waals surface area contributed by atoms with E-state index in [0.29, 0.717) is 16.5 Å². The van der Waals surface area contributed by atoms with E-state index in [0.717, 1.165) is 12.2 Å². The SMILES string of the molecule is CCSC1CCCC1NC(=O)c1ccc(NC(C)=O)cc1. The summed E-state index contributed by atoms with van der Waals surface area (Å²) in [5.74, 6) is 0.943. The van der Waals surface area contributed by atoms with Gasteiger partial charge in [0, 0.05) is 29.5 Å². The average molecular weight is 306 g/mol. The molecule has 5 heteroatoms. The van der Waals surface area contributed by atoms with Gasteiger partial charge in [-0.1, -0.05) is 13.3 Å². The molecular weight excluding hydrogens is 284 g/mol. The molecule has 2 rings (SSSR count). The van der Waals surface area contributed by atoms with Gasteiger partial charge in [0.2, 0.25) is 5.91 Å². The van der Waals surface area contributed by atoms with Crippen LogP contribution in [-0.4, -0.2) is 28.9 Å². The van der Waals surface area contributed by atoms with Crippen molar-refractivity contribution in [3.8, 4) is 0 Å². The maximum absolute atomic E-state index is 12.3. The number of benzene rings is 1. The number of carbonyl (C=O) groups excluding carboxylic acids is 2. The van der Waals surface area contributed by atoms with Gasteiger partial charge in [-0.05, 0) is 42.9 Å². The molecule has 1 aliphatic rings. The quantitative estimate of drug-likeness (QED) is 0.879. The van der Waals surface area contributed by atoms with Crippen LogP contribution in [0.3, 0.4) is 0 Å². The Morgan fingerprint density at radius 3 is 2.57 bits per heavy atom. The molecule has 0 spiro atoms. The van der Waals surface area contributed by atoms with Crippen LogP contribution in [-0.2, 0) is 4.79 Å². The average Bonchev–Trinajstić information content (AvgIpc) is 2.86. The monoisotopic (exact) mass is 306 g/mol. The van der Waals surface area contributed by atoms with Gasteiger partial charge < -0.3 is 10.6 Å². The van der Waals surface area contributed by atoms with E-state index < -0.39 is 0 Å². The molecule has 1 aromatic rings. The number of rotatable bonds is 5. The van der Waals surface area contributed by atoms with Gasteiger partial charge in [-0.2, -0.15) is 11.8 Å². The van der Waals surface area contributed by atoms with Crippen LogP contribution in [0, 0.1) is 0 Å². The number of nitrogens with one attached hydrogen (secondary N) is 2. The van der Waals surface area contributed by atoms with E-state index in [4.69, 9.17) is 0 Å². The normalized spacial score (nSPS) is 21.0. The summed E-state index contributed by atoms with van der Waals surface area (Å²) in [6, 6.07) is 7.28. The zero-order chi connectivity index (χ0) is 15.2. The zero-order valence-corrected chi connectivity index (χ0v) is 13.3. The maximum atomic E-state index is 12.3. The summed E-state index contributed by atoms with van der Waals surface area (Å²) in [5, 5.41) is 6.38. The van der Waals surface area contributed by atoms with Crippen LogP contribution in [0.1, 0.15) is 43.5 Å². The Labute approximate surface area is 130 Å². The number of carbonyl (C=O) groups is 2. The molecule has 0 aromatic heterocycles. The Hall–Kier alpha value is -1.49. The molecule has 114 valence electrons. The first-order valence-corrected chi connectivity index (χ1v) is 8.45. The van der Waals surface area contributed by atoms with Crippen molar-refractivity contribution in [1.29, 1.82) is 0 Å². The van der Waals surface area contributed by atoms with E-state index in [1.807, 2.05) is 11.8 Å². The molecule has 0 radical (unpaired) electrons. The van der Waals surface area contributed by atoms with Gasteiger partial charge in [0.25, 0.3) is 5.91 Å². The molecule has 1 aromatic carbocycles. The van der Waals surface area contributed by atoms with Crippen LogP contribution in [0.15, 0.2) is 24.3 Å². The largest absolute Gasteiger partial charge is 0.348 e. The summed E-state index contributed by atoms with van der Waals surface area (Å²) in [7, 11) is 0. The first-order chi connectivity index (χ1) is 10.1. The van der Waals surface area contributed by atoms with Gasteiger partial charge in [0.05, 0.1) is 0 Å². The molecule has 0 saturated heterocycles. The van der Waals surface area contributed by atoms with Gasteiger partial charge >= 0.3 is 0 Å². The predicted octanol–water partition coefficient (Wildman–Crippen LogP) is 3.05. The zero-order valence-electron chi connectivity index (χ0n) is 12.5. The summed E-state index contributed by atoms with van der Waals surface area (Å²) in [6.45, 7) is 3.62. The number of amides is 2. The first-order valence-electron chi connectivity index (χ1n) is 7.40. The first kappa shape index (κ1) is 15.9. The Kier molecular flexibility index (Phi) is 5.67. The lowest BCUT2D eigenvalue weighted by Gasteiger charge is -2.20. The standard InChI is InChI=1S/C16H22N2O2S/c1-3-21-15-6-4-5-14(15)18-16(20)12-7-9-13(10-8-12)17-11(2)19/h7-10,14-15H,3-6H2,1-2H3,(H,17,19)(H,18,20). The van der Waals surface area contributed by atoms with E-state index in [1.54, 1.807) is 24.3 Å². The van der Waals surface area contributed by atoms with Gasteiger partial charge in [0.15, 0.2) is 0 Å². The fourth-order valence-electron chi connectivity index (χ4n) is 2.66. The van der Waals surface area contributed by atoms with Crippen molar-refractivity contribution >= 4 is 29.3 Å². The number of hydrogen-bond acceptors (Lipinski definition) is 3. The van der Waals surface area contributed by atoms with Crippen LogP contribution in [0.2, 0.25) is 0 Å². The Morgan fingerprint density at radius 2 is 1.95 bits per heavy atom. The lowest BCUT2D eigenvalue weighted by molar-refractivity contribution is -0.114. The highest BCUT2D eigenvalue weighted by Gasteiger charge is 2.28. The maximum Gasteiger partial charge on any atom is 0.251 e. The second-order valence-corrected chi connectivity index (χ2v) is 6.78. The highest BCUT2D eigenvalue weighted by molar-refractivity contribution is 7.99. The van der Waals surface area contributed by atoms with E-state index in [1.165, 1.54) is 19.8 Å². The van der Waals surface area contributed by atoms with E-state index in [2.05, 4.69) is 17.6 Å². The highest BCUT2D eigenvalue weighted by Crippen LogP contribution is 2.30. The van der Waals surface area contributed by atoms with Gasteiger partial charge in [-0.25, -0.2) is 0 Å². The van der Waals surface area contributed by atoms with E-state index in [-0.39, 0.29) is 17.9 Å². The third kappa shape index (κ3) is 4.49. The molecule has 2 atom stereocenters. The van der Waals surface area contributed by atoms with Crippen LogP contribution in [0.25, 0.3) is 0 Å². The van der Waals surface area contributed by atoms with Crippen LogP contribution < -0.4 is 10.6 Å². The van der Waals surface area contributed by atoms with Crippen LogP contribution >= 0.6 is 11.8 Å². The Bertz CT molecular complexity index is 502. The molecule has 1 aliphatic carbocycles. The van der Waals surface area contributed by atoms with Crippen molar-refractivity contribution in [2.24, 2.45) is 0 Å². The van der Waals surface area contributed by atoms with E-state index >= 15 is 0 Å². The highest BCUT2D eigenvalue weighted by atomic mass is 32.2. The molecule has 2 N–H and O–H groups in total. The molecule has 21 heavy (non-hydrogen) atoms. The third-order valence-electron chi connectivity index (χ3n) is 3.62. The van der Waals surface area contributed by atoms with Crippen molar-refractivity contribution in [2.45, 2.75) is 44.4 Å². The molecule has 0 bridgehead atoms. The van der Waals surface area contributed by atoms with E-state index in [9.17, 15) is 9.59 Å². The van der Waals surface area contributed by atoms with Crippen molar-refractivity contribution in [1.82, 2.24) is 5.32 Å². The summed E-state index contributed by atoms with van der Waals surface area (Å²) < 4.78 is 0. The fraction of sp³-hybridized carbons (Fsp3) is 0.500. The number of thioether (sulfide) groups is 1. The van der Waals surface area contributed by atoms with Crippen molar-refractivity contribution < 1.29 is 9.59 Å². The van der Waals surface area contributed by atoms with Crippen LogP contribution in [0.5, 0.6) is 0 Å². The third-order valence-corrected chi connectivity index (χ3v) is 4.94. The minimum atomic E-state index is -0.113. The minimum Gasteiger partial charge on any atom is -0.348 e. The number of anilines is 1. The second kappa shape index (κ2) is 7.50. The molecule has 0 heterocycles. The van der Waals surface area contributed by atoms with Gasteiger partial charge in [-0.15, -0.1) is 0 Å². The minimum absolute atomic E-state index is 0.0296. The Balaban J connectivity index is 1.95. The fourth-order valence-corrected chi connectivity index (χ4v) is 3.86. The second-order valence-electron chi connectivity index (χ2n) is 5.26. The molecule has 0 aliphatic heterocycles. The lowest BCUT2D eigenvalue weighted by Crippen LogP contribution is -2.38. The molecule has 1 fully saturated rings. The summed E-state index contributed by atoms with van der Waals surface area (Å²) in [6.07, 6.45) is 3.43.